The van der Waals surface area contributed by atoms with Crippen LogP contribution in [0.4, 0.5) is 0 Å². The Kier molecular flexibility index (Phi) is 5.14. The molecule has 116 valence electrons. The number of rotatable bonds is 3. The number of aliphatic hydroxyl groups is 6. The van der Waals surface area contributed by atoms with Crippen molar-refractivity contribution in [2.24, 2.45) is 0 Å². The summed E-state index contributed by atoms with van der Waals surface area (Å²) in [5.41, 5.74) is 0.340. The Hall–Kier alpha value is -0.540. The Morgan fingerprint density at radius 2 is 1.70 bits per heavy atom. The van der Waals surface area contributed by atoms with E-state index < -0.39 is 36.6 Å². The van der Waals surface area contributed by atoms with Crippen LogP contribution in [0.25, 0.3) is 0 Å². The van der Waals surface area contributed by atoms with Gasteiger partial charge in [0.2, 0.25) is 0 Å². The van der Waals surface area contributed by atoms with E-state index in [-0.39, 0.29) is 19.1 Å². The van der Waals surface area contributed by atoms with Crippen LogP contribution in [0.3, 0.4) is 0 Å². The summed E-state index contributed by atoms with van der Waals surface area (Å²) in [7, 11) is 0. The molecule has 2 rings (SSSR count). The van der Waals surface area contributed by atoms with Crippen LogP contribution in [-0.2, 0) is 0 Å². The van der Waals surface area contributed by atoms with Crippen LogP contribution < -0.4 is 5.32 Å². The van der Waals surface area contributed by atoms with Gasteiger partial charge in [0.05, 0.1) is 24.9 Å². The lowest BCUT2D eigenvalue weighted by atomic mass is 9.85. The first kappa shape index (κ1) is 15.8. The molecule has 7 atom stereocenters. The first-order valence-corrected chi connectivity index (χ1v) is 6.92. The molecule has 20 heavy (non-hydrogen) atoms. The SMILES string of the molecule is OCC1=C[C@H](N[C@H]2CC[C@@H](O)[C@H](O)[C@H]2O)C[C@@H](O)[C@@H]1O. The fourth-order valence-electron chi connectivity index (χ4n) is 2.94. The monoisotopic (exact) mass is 289 g/mol. The van der Waals surface area contributed by atoms with E-state index in [1.807, 2.05) is 0 Å². The molecule has 2 aliphatic carbocycles. The predicted molar refractivity (Wildman–Crippen MR) is 69.8 cm³/mol. The van der Waals surface area contributed by atoms with Gasteiger partial charge in [0.15, 0.2) is 0 Å². The Balaban J connectivity index is 2.01. The van der Waals surface area contributed by atoms with Gasteiger partial charge in [-0.25, -0.2) is 0 Å². The van der Waals surface area contributed by atoms with E-state index >= 15 is 0 Å². The molecule has 0 spiro atoms. The Morgan fingerprint density at radius 1 is 1.00 bits per heavy atom. The van der Waals surface area contributed by atoms with Crippen molar-refractivity contribution in [3.63, 3.8) is 0 Å². The highest BCUT2D eigenvalue weighted by Crippen LogP contribution is 2.24. The number of hydrogen-bond acceptors (Lipinski definition) is 7. The van der Waals surface area contributed by atoms with Gasteiger partial charge in [-0.15, -0.1) is 0 Å². The van der Waals surface area contributed by atoms with E-state index in [1.165, 1.54) is 0 Å². The fraction of sp³-hybridized carbons (Fsp3) is 0.846. The second-order valence-corrected chi connectivity index (χ2v) is 5.65. The van der Waals surface area contributed by atoms with Gasteiger partial charge in [-0.05, 0) is 24.8 Å². The highest BCUT2D eigenvalue weighted by Gasteiger charge is 2.38. The summed E-state index contributed by atoms with van der Waals surface area (Å²) >= 11 is 0. The highest BCUT2D eigenvalue weighted by atomic mass is 16.4. The van der Waals surface area contributed by atoms with Crippen molar-refractivity contribution in [1.29, 1.82) is 0 Å². The van der Waals surface area contributed by atoms with Crippen LogP contribution in [0.15, 0.2) is 11.6 Å². The lowest BCUT2D eigenvalue weighted by Crippen LogP contribution is -2.57. The van der Waals surface area contributed by atoms with Crippen LogP contribution in [0.2, 0.25) is 0 Å². The summed E-state index contributed by atoms with van der Waals surface area (Å²) in [4.78, 5) is 0. The maximum atomic E-state index is 9.93. The molecule has 0 saturated heterocycles. The molecule has 7 nitrogen and oxygen atoms in total. The summed E-state index contributed by atoms with van der Waals surface area (Å²) in [5, 5.41) is 60.7. The third-order valence-electron chi connectivity index (χ3n) is 4.20. The largest absolute Gasteiger partial charge is 0.392 e. The third-order valence-corrected chi connectivity index (χ3v) is 4.20. The molecule has 2 aliphatic rings. The molecule has 0 aromatic rings. The quantitative estimate of drug-likeness (QED) is 0.280. The average Bonchev–Trinajstić information content (AvgIpc) is 2.43. The molecule has 0 radical (unpaired) electrons. The molecule has 1 saturated carbocycles. The van der Waals surface area contributed by atoms with Crippen molar-refractivity contribution in [3.05, 3.63) is 11.6 Å². The first-order valence-electron chi connectivity index (χ1n) is 6.92. The maximum absolute atomic E-state index is 9.93. The van der Waals surface area contributed by atoms with Crippen molar-refractivity contribution >= 4 is 0 Å². The molecule has 0 amide bonds. The molecule has 1 fully saturated rings. The maximum Gasteiger partial charge on any atom is 0.107 e. The zero-order valence-corrected chi connectivity index (χ0v) is 11.1. The Bertz CT molecular complexity index is 363. The minimum absolute atomic E-state index is 0.256. The smallest absolute Gasteiger partial charge is 0.107 e. The van der Waals surface area contributed by atoms with E-state index in [9.17, 15) is 25.5 Å². The lowest BCUT2D eigenvalue weighted by molar-refractivity contribution is -0.0998. The van der Waals surface area contributed by atoms with E-state index in [4.69, 9.17) is 5.11 Å². The van der Waals surface area contributed by atoms with Gasteiger partial charge in [0.25, 0.3) is 0 Å². The van der Waals surface area contributed by atoms with E-state index in [0.29, 0.717) is 18.4 Å². The average molecular weight is 289 g/mol. The van der Waals surface area contributed by atoms with Crippen LogP contribution in [-0.4, -0.2) is 79.8 Å². The summed E-state index contributed by atoms with van der Waals surface area (Å²) in [5.74, 6) is 0. The van der Waals surface area contributed by atoms with E-state index in [1.54, 1.807) is 6.08 Å². The summed E-state index contributed by atoms with van der Waals surface area (Å²) in [6.45, 7) is -0.342. The molecular weight excluding hydrogens is 266 g/mol. The highest BCUT2D eigenvalue weighted by molar-refractivity contribution is 5.19. The molecule has 7 heteroatoms. The van der Waals surface area contributed by atoms with Gasteiger partial charge in [-0.1, -0.05) is 6.08 Å². The number of aliphatic hydroxyl groups excluding tert-OH is 6. The molecule has 0 bridgehead atoms. The minimum Gasteiger partial charge on any atom is -0.392 e. The van der Waals surface area contributed by atoms with Gasteiger partial charge in [-0.2, -0.15) is 0 Å². The lowest BCUT2D eigenvalue weighted by Gasteiger charge is -2.39. The molecule has 7 N–H and O–H groups in total. The second kappa shape index (κ2) is 6.48. The minimum atomic E-state index is -1.19. The van der Waals surface area contributed by atoms with Crippen molar-refractivity contribution in [3.8, 4) is 0 Å². The molecule has 0 heterocycles. The van der Waals surface area contributed by atoms with Crippen LogP contribution in [0, 0.1) is 0 Å². The zero-order valence-electron chi connectivity index (χ0n) is 11.1. The second-order valence-electron chi connectivity index (χ2n) is 5.65. The number of hydrogen-bond donors (Lipinski definition) is 7. The normalized spacial score (nSPS) is 46.1. The van der Waals surface area contributed by atoms with Gasteiger partial charge in [0.1, 0.15) is 12.2 Å². The predicted octanol–water partition coefficient (Wildman–Crippen LogP) is -2.77. The van der Waals surface area contributed by atoms with Crippen LogP contribution >= 0.6 is 0 Å². The molecule has 0 aromatic carbocycles. The van der Waals surface area contributed by atoms with Gasteiger partial charge < -0.3 is 36.0 Å². The zero-order chi connectivity index (χ0) is 14.9. The van der Waals surface area contributed by atoms with Crippen molar-refractivity contribution < 1.29 is 30.6 Å². The summed E-state index contributed by atoms with van der Waals surface area (Å²) in [6, 6.07) is -0.713. The van der Waals surface area contributed by atoms with Crippen molar-refractivity contribution in [2.75, 3.05) is 6.61 Å². The van der Waals surface area contributed by atoms with E-state index in [2.05, 4.69) is 5.32 Å². The van der Waals surface area contributed by atoms with Gasteiger partial charge in [0, 0.05) is 12.1 Å². The first-order chi connectivity index (χ1) is 9.43. The topological polar surface area (TPSA) is 133 Å². The Labute approximate surface area is 117 Å². The fourth-order valence-corrected chi connectivity index (χ4v) is 2.94. The number of nitrogens with one attached hydrogen (secondary N) is 1. The third kappa shape index (κ3) is 3.20. The molecular formula is C13H23NO6. The van der Waals surface area contributed by atoms with Crippen molar-refractivity contribution in [2.45, 2.75) is 61.9 Å². The van der Waals surface area contributed by atoms with Crippen LogP contribution in [0.1, 0.15) is 19.3 Å². The van der Waals surface area contributed by atoms with Gasteiger partial charge >= 0.3 is 0 Å². The molecule has 0 aliphatic heterocycles. The van der Waals surface area contributed by atoms with Gasteiger partial charge in [-0.3, -0.25) is 0 Å². The standard InChI is InChI=1S/C13H23NO6/c15-5-6-3-7(4-10(17)11(6)18)14-8-1-2-9(16)13(20)12(8)19/h3,7-20H,1-2,4-5H2/t7-,8-,9+,10+,11+,12-,13-/m0/s1. The summed E-state index contributed by atoms with van der Waals surface area (Å²) in [6.07, 6.45) is -2.48. The van der Waals surface area contributed by atoms with E-state index in [0.717, 1.165) is 0 Å². The Morgan fingerprint density at radius 3 is 2.35 bits per heavy atom. The molecule has 0 aromatic heterocycles. The van der Waals surface area contributed by atoms with Crippen molar-refractivity contribution in [1.82, 2.24) is 5.32 Å². The summed E-state index contributed by atoms with van der Waals surface area (Å²) < 4.78 is 0. The molecule has 0 unspecified atom stereocenters. The van der Waals surface area contributed by atoms with Crippen LogP contribution in [0.5, 0.6) is 0 Å².